The van der Waals surface area contributed by atoms with Gasteiger partial charge in [0.25, 0.3) is 11.8 Å². The van der Waals surface area contributed by atoms with E-state index in [-0.39, 0.29) is 6.79 Å². The number of rotatable bonds is 8. The van der Waals surface area contributed by atoms with E-state index < -0.39 is 30.9 Å². The van der Waals surface area contributed by atoms with Crippen LogP contribution < -0.4 is 29.6 Å². The molecule has 0 atom stereocenters. The molecule has 2 N–H and O–H groups in total. The molecule has 1 heterocycles. The predicted octanol–water partition coefficient (Wildman–Crippen LogP) is 1.34. The predicted molar refractivity (Wildman–Crippen MR) is 104 cm³/mol. The van der Waals surface area contributed by atoms with Crippen molar-refractivity contribution in [1.29, 1.82) is 0 Å². The van der Waals surface area contributed by atoms with Gasteiger partial charge in [-0.25, -0.2) is 0 Å². The number of ether oxygens (including phenoxy) is 5. The number of esters is 1. The molecule has 2 aromatic rings. The van der Waals surface area contributed by atoms with E-state index in [9.17, 15) is 14.4 Å². The Morgan fingerprint density at radius 3 is 2.50 bits per heavy atom. The normalized spacial score (nSPS) is 11.4. The summed E-state index contributed by atoms with van der Waals surface area (Å²) in [6, 6.07) is 9.49. The van der Waals surface area contributed by atoms with Crippen LogP contribution in [0, 0.1) is 0 Å². The van der Waals surface area contributed by atoms with Gasteiger partial charge in [-0.15, -0.1) is 0 Å². The first-order chi connectivity index (χ1) is 14.5. The largest absolute Gasteiger partial charge is 0.493 e. The van der Waals surface area contributed by atoms with Gasteiger partial charge in [-0.05, 0) is 30.3 Å². The van der Waals surface area contributed by atoms with Gasteiger partial charge in [-0.3, -0.25) is 14.4 Å². The molecule has 0 aromatic heterocycles. The van der Waals surface area contributed by atoms with E-state index in [0.29, 0.717) is 34.2 Å². The summed E-state index contributed by atoms with van der Waals surface area (Å²) in [5.41, 5.74) is 0.753. The van der Waals surface area contributed by atoms with Gasteiger partial charge in [-0.2, -0.15) is 0 Å². The number of hydrogen-bond acceptors (Lipinski definition) is 8. The summed E-state index contributed by atoms with van der Waals surface area (Å²) >= 11 is 0. The molecule has 0 bridgehead atoms. The van der Waals surface area contributed by atoms with E-state index in [1.807, 2.05) is 0 Å². The number of methoxy groups -OCH3 is 2. The Balaban J connectivity index is 1.43. The van der Waals surface area contributed by atoms with Crippen LogP contribution in [-0.2, 0) is 14.3 Å². The van der Waals surface area contributed by atoms with Crippen LogP contribution in [0.2, 0.25) is 0 Å². The summed E-state index contributed by atoms with van der Waals surface area (Å²) in [5, 5.41) is 4.99. The number of hydrogen-bond donors (Lipinski definition) is 2. The average molecular weight is 416 g/mol. The van der Waals surface area contributed by atoms with Gasteiger partial charge >= 0.3 is 5.97 Å². The smallest absolute Gasteiger partial charge is 0.325 e. The van der Waals surface area contributed by atoms with Crippen LogP contribution in [-0.4, -0.2) is 51.9 Å². The molecule has 0 spiro atoms. The lowest BCUT2D eigenvalue weighted by molar-refractivity contribution is -0.146. The fourth-order valence-corrected chi connectivity index (χ4v) is 2.60. The molecule has 1 aliphatic heterocycles. The second-order valence-electron chi connectivity index (χ2n) is 6.03. The third-order valence-electron chi connectivity index (χ3n) is 4.06. The highest BCUT2D eigenvalue weighted by molar-refractivity contribution is 5.97. The average Bonchev–Trinajstić information content (AvgIpc) is 3.23. The number of carbonyl (C=O) groups excluding carboxylic acids is 3. The number of nitrogens with one attached hydrogen (secondary N) is 2. The summed E-state index contributed by atoms with van der Waals surface area (Å²) in [5.74, 6) is 0.173. The lowest BCUT2D eigenvalue weighted by atomic mass is 10.2. The minimum atomic E-state index is -0.758. The van der Waals surface area contributed by atoms with E-state index in [2.05, 4.69) is 10.6 Å². The zero-order valence-electron chi connectivity index (χ0n) is 16.4. The Bertz CT molecular complexity index is 960. The molecule has 2 aromatic carbocycles. The first kappa shape index (κ1) is 20.8. The van der Waals surface area contributed by atoms with E-state index in [0.717, 1.165) is 0 Å². The maximum Gasteiger partial charge on any atom is 0.325 e. The molecule has 0 radical (unpaired) electrons. The van der Waals surface area contributed by atoms with Crippen molar-refractivity contribution < 1.29 is 38.1 Å². The lowest BCUT2D eigenvalue weighted by Crippen LogP contribution is -2.32. The number of anilines is 1. The molecule has 3 rings (SSSR count). The standard InChI is InChI=1S/C20H20N2O8/c1-26-14-6-4-13(8-16(14)27-2)22-18(23)10-28-19(24)9-21-20(25)12-3-5-15-17(7-12)30-11-29-15/h3-8H,9-11H2,1-2H3,(H,21,25)(H,22,23). The van der Waals surface area contributed by atoms with Crippen LogP contribution in [0.3, 0.4) is 0 Å². The van der Waals surface area contributed by atoms with Crippen molar-refractivity contribution >= 4 is 23.5 Å². The SMILES string of the molecule is COc1ccc(NC(=O)COC(=O)CNC(=O)c2ccc3c(c2)OCO3)cc1OC. The minimum Gasteiger partial charge on any atom is -0.493 e. The zero-order chi connectivity index (χ0) is 21.5. The van der Waals surface area contributed by atoms with Crippen molar-refractivity contribution in [2.75, 3.05) is 39.5 Å². The van der Waals surface area contributed by atoms with Gasteiger partial charge in [0.15, 0.2) is 29.6 Å². The maximum atomic E-state index is 12.1. The second kappa shape index (κ2) is 9.50. The fraction of sp³-hybridized carbons (Fsp3) is 0.250. The summed E-state index contributed by atoms with van der Waals surface area (Å²) in [6.45, 7) is -0.803. The Labute approximate surface area is 172 Å². The molecule has 0 unspecified atom stereocenters. The second-order valence-corrected chi connectivity index (χ2v) is 6.03. The van der Waals surface area contributed by atoms with Crippen molar-refractivity contribution in [3.05, 3.63) is 42.0 Å². The van der Waals surface area contributed by atoms with Gasteiger partial charge in [0.05, 0.1) is 14.2 Å². The lowest BCUT2D eigenvalue weighted by Gasteiger charge is -2.11. The molecular weight excluding hydrogens is 396 g/mol. The number of carbonyl (C=O) groups is 3. The van der Waals surface area contributed by atoms with Gasteiger partial charge in [-0.1, -0.05) is 0 Å². The van der Waals surface area contributed by atoms with E-state index in [4.69, 9.17) is 23.7 Å². The molecule has 0 saturated heterocycles. The third-order valence-corrected chi connectivity index (χ3v) is 4.06. The molecule has 10 heteroatoms. The molecule has 30 heavy (non-hydrogen) atoms. The van der Waals surface area contributed by atoms with Crippen LogP contribution in [0.15, 0.2) is 36.4 Å². The first-order valence-electron chi connectivity index (χ1n) is 8.85. The Morgan fingerprint density at radius 1 is 0.967 bits per heavy atom. The van der Waals surface area contributed by atoms with Gasteiger partial charge in [0.2, 0.25) is 6.79 Å². The number of fused-ring (bicyclic) bond motifs is 1. The van der Waals surface area contributed by atoms with Crippen LogP contribution in [0.25, 0.3) is 0 Å². The summed E-state index contributed by atoms with van der Waals surface area (Å²) < 4.78 is 25.5. The highest BCUT2D eigenvalue weighted by atomic mass is 16.7. The van der Waals surface area contributed by atoms with Crippen LogP contribution >= 0.6 is 0 Å². The Morgan fingerprint density at radius 2 is 1.73 bits per heavy atom. The number of amides is 2. The van der Waals surface area contributed by atoms with Crippen LogP contribution in [0.1, 0.15) is 10.4 Å². The molecule has 10 nitrogen and oxygen atoms in total. The van der Waals surface area contributed by atoms with Gasteiger partial charge in [0, 0.05) is 17.3 Å². The van der Waals surface area contributed by atoms with Crippen molar-refractivity contribution in [3.63, 3.8) is 0 Å². The van der Waals surface area contributed by atoms with Gasteiger partial charge in [0.1, 0.15) is 6.54 Å². The van der Waals surface area contributed by atoms with Crippen molar-refractivity contribution in [3.8, 4) is 23.0 Å². The topological polar surface area (TPSA) is 121 Å². The van der Waals surface area contributed by atoms with Crippen molar-refractivity contribution in [2.24, 2.45) is 0 Å². The molecule has 0 saturated carbocycles. The van der Waals surface area contributed by atoms with E-state index in [1.54, 1.807) is 30.3 Å². The maximum absolute atomic E-state index is 12.1. The van der Waals surface area contributed by atoms with Crippen LogP contribution in [0.5, 0.6) is 23.0 Å². The van der Waals surface area contributed by atoms with Crippen molar-refractivity contribution in [2.45, 2.75) is 0 Å². The Hall–Kier alpha value is -3.95. The highest BCUT2D eigenvalue weighted by Crippen LogP contribution is 2.32. The zero-order valence-corrected chi connectivity index (χ0v) is 16.4. The van der Waals surface area contributed by atoms with Crippen molar-refractivity contribution in [1.82, 2.24) is 5.32 Å². The third kappa shape index (κ3) is 5.10. The first-order valence-corrected chi connectivity index (χ1v) is 8.85. The monoisotopic (exact) mass is 416 g/mol. The van der Waals surface area contributed by atoms with Gasteiger partial charge < -0.3 is 34.3 Å². The fourth-order valence-electron chi connectivity index (χ4n) is 2.60. The molecule has 0 fully saturated rings. The highest BCUT2D eigenvalue weighted by Gasteiger charge is 2.17. The Kier molecular flexibility index (Phi) is 6.58. The molecular formula is C20H20N2O8. The molecule has 1 aliphatic rings. The van der Waals surface area contributed by atoms with Crippen LogP contribution in [0.4, 0.5) is 5.69 Å². The van der Waals surface area contributed by atoms with E-state index in [1.165, 1.54) is 20.3 Å². The van der Waals surface area contributed by atoms with E-state index >= 15 is 0 Å². The summed E-state index contributed by atoms with van der Waals surface area (Å²) in [7, 11) is 2.98. The molecule has 2 amide bonds. The molecule has 0 aliphatic carbocycles. The molecule has 158 valence electrons. The summed E-state index contributed by atoms with van der Waals surface area (Å²) in [4.78, 5) is 35.9. The quantitative estimate of drug-likeness (QED) is 0.619. The number of benzene rings is 2. The minimum absolute atomic E-state index is 0.0953. The summed E-state index contributed by atoms with van der Waals surface area (Å²) in [6.07, 6.45) is 0.